The SMILES string of the molecule is CCCCCCN1CCC(NC(=O)N2Cc3ccccc3C2)CC1. The standard InChI is InChI=1S/C20H31N3O/c1-2-3-4-7-12-22-13-10-19(11-14-22)21-20(24)23-15-17-8-5-6-9-18(17)16-23/h5-6,8-9,19H,2-4,7,10-16H2,1H3,(H,21,24). The number of hydrogen-bond donors (Lipinski definition) is 1. The number of piperidine rings is 1. The molecule has 4 heteroatoms. The largest absolute Gasteiger partial charge is 0.335 e. The molecule has 2 heterocycles. The molecule has 0 spiro atoms. The summed E-state index contributed by atoms with van der Waals surface area (Å²) in [6.07, 6.45) is 7.49. The van der Waals surface area contributed by atoms with Crippen LogP contribution in [0.3, 0.4) is 0 Å². The fourth-order valence-corrected chi connectivity index (χ4v) is 3.81. The number of nitrogens with zero attached hydrogens (tertiary/aromatic N) is 2. The van der Waals surface area contributed by atoms with Gasteiger partial charge in [-0.15, -0.1) is 0 Å². The Kier molecular flexibility index (Phi) is 6.13. The monoisotopic (exact) mass is 329 g/mol. The predicted molar refractivity (Wildman–Crippen MR) is 97.8 cm³/mol. The number of hydrogen-bond acceptors (Lipinski definition) is 2. The van der Waals surface area contributed by atoms with Crippen molar-refractivity contribution < 1.29 is 4.79 Å². The summed E-state index contributed by atoms with van der Waals surface area (Å²) in [6.45, 7) is 7.22. The van der Waals surface area contributed by atoms with E-state index >= 15 is 0 Å². The summed E-state index contributed by atoms with van der Waals surface area (Å²) in [7, 11) is 0. The second-order valence-electron chi connectivity index (χ2n) is 7.25. The van der Waals surface area contributed by atoms with Crippen molar-refractivity contribution in [2.24, 2.45) is 0 Å². The van der Waals surface area contributed by atoms with Crippen LogP contribution in [-0.4, -0.2) is 41.5 Å². The van der Waals surface area contributed by atoms with Crippen LogP contribution in [0.25, 0.3) is 0 Å². The number of urea groups is 1. The van der Waals surface area contributed by atoms with Crippen LogP contribution in [0, 0.1) is 0 Å². The van der Waals surface area contributed by atoms with Gasteiger partial charge >= 0.3 is 6.03 Å². The lowest BCUT2D eigenvalue weighted by Crippen LogP contribution is -2.48. The first-order valence-corrected chi connectivity index (χ1v) is 9.61. The van der Waals surface area contributed by atoms with Crippen LogP contribution >= 0.6 is 0 Å². The third-order valence-corrected chi connectivity index (χ3v) is 5.37. The lowest BCUT2D eigenvalue weighted by atomic mass is 10.0. The number of amides is 2. The molecular formula is C20H31N3O. The first-order valence-electron chi connectivity index (χ1n) is 9.61. The van der Waals surface area contributed by atoms with Gasteiger partial charge in [0.25, 0.3) is 0 Å². The highest BCUT2D eigenvalue weighted by Gasteiger charge is 2.26. The van der Waals surface area contributed by atoms with E-state index in [4.69, 9.17) is 0 Å². The lowest BCUT2D eigenvalue weighted by molar-refractivity contribution is 0.170. The van der Waals surface area contributed by atoms with Crippen molar-refractivity contribution in [1.82, 2.24) is 15.1 Å². The summed E-state index contributed by atoms with van der Waals surface area (Å²) in [5.41, 5.74) is 2.57. The zero-order chi connectivity index (χ0) is 16.8. The van der Waals surface area contributed by atoms with Crippen LogP contribution in [0.5, 0.6) is 0 Å². The number of carbonyl (C=O) groups excluding carboxylic acids is 1. The zero-order valence-electron chi connectivity index (χ0n) is 15.0. The maximum atomic E-state index is 12.5. The van der Waals surface area contributed by atoms with Gasteiger partial charge in [-0.05, 0) is 36.9 Å². The van der Waals surface area contributed by atoms with E-state index in [0.717, 1.165) is 39.0 Å². The van der Waals surface area contributed by atoms with Gasteiger partial charge in [0.15, 0.2) is 0 Å². The smallest absolute Gasteiger partial charge is 0.318 e. The van der Waals surface area contributed by atoms with Crippen molar-refractivity contribution in [1.29, 1.82) is 0 Å². The molecule has 2 amide bonds. The van der Waals surface area contributed by atoms with Gasteiger partial charge < -0.3 is 15.1 Å². The number of unbranched alkanes of at least 4 members (excludes halogenated alkanes) is 3. The third kappa shape index (κ3) is 4.50. The van der Waals surface area contributed by atoms with Gasteiger partial charge in [-0.25, -0.2) is 4.79 Å². The van der Waals surface area contributed by atoms with Crippen molar-refractivity contribution in [3.63, 3.8) is 0 Å². The van der Waals surface area contributed by atoms with E-state index in [1.807, 2.05) is 4.90 Å². The molecule has 0 unspecified atom stereocenters. The van der Waals surface area contributed by atoms with E-state index in [9.17, 15) is 4.79 Å². The molecule has 132 valence electrons. The Labute approximate surface area is 146 Å². The summed E-state index contributed by atoms with van der Waals surface area (Å²) >= 11 is 0. The molecule has 0 aliphatic carbocycles. The fraction of sp³-hybridized carbons (Fsp3) is 0.650. The minimum absolute atomic E-state index is 0.104. The van der Waals surface area contributed by atoms with Crippen molar-refractivity contribution in [3.8, 4) is 0 Å². The van der Waals surface area contributed by atoms with Gasteiger partial charge in [0.05, 0.1) is 0 Å². The number of rotatable bonds is 6. The molecular weight excluding hydrogens is 298 g/mol. The third-order valence-electron chi connectivity index (χ3n) is 5.37. The van der Waals surface area contributed by atoms with E-state index in [1.54, 1.807) is 0 Å². The molecule has 0 radical (unpaired) electrons. The van der Waals surface area contributed by atoms with E-state index in [2.05, 4.69) is 41.4 Å². The average molecular weight is 329 g/mol. The van der Waals surface area contributed by atoms with Gasteiger partial charge in [-0.3, -0.25) is 0 Å². The molecule has 4 nitrogen and oxygen atoms in total. The quantitative estimate of drug-likeness (QED) is 0.807. The molecule has 1 aromatic rings. The van der Waals surface area contributed by atoms with Crippen molar-refractivity contribution in [3.05, 3.63) is 35.4 Å². The van der Waals surface area contributed by atoms with Gasteiger partial charge in [0, 0.05) is 32.2 Å². The molecule has 1 saturated heterocycles. The zero-order valence-corrected chi connectivity index (χ0v) is 15.0. The topological polar surface area (TPSA) is 35.6 Å². The Morgan fingerprint density at radius 2 is 1.75 bits per heavy atom. The molecule has 2 aliphatic heterocycles. The molecule has 24 heavy (non-hydrogen) atoms. The second kappa shape index (κ2) is 8.52. The summed E-state index contributed by atoms with van der Waals surface area (Å²) in [6, 6.07) is 8.80. The van der Waals surface area contributed by atoms with Crippen LogP contribution in [0.15, 0.2) is 24.3 Å². The highest BCUT2D eigenvalue weighted by Crippen LogP contribution is 2.22. The first kappa shape index (κ1) is 17.3. The number of carbonyl (C=O) groups is 1. The Hall–Kier alpha value is -1.55. The van der Waals surface area contributed by atoms with Gasteiger partial charge in [-0.1, -0.05) is 50.5 Å². The van der Waals surface area contributed by atoms with E-state index < -0.39 is 0 Å². The van der Waals surface area contributed by atoms with Crippen LogP contribution < -0.4 is 5.32 Å². The van der Waals surface area contributed by atoms with Crippen LogP contribution in [0.1, 0.15) is 56.6 Å². The summed E-state index contributed by atoms with van der Waals surface area (Å²) in [5, 5.41) is 3.25. The summed E-state index contributed by atoms with van der Waals surface area (Å²) < 4.78 is 0. The molecule has 1 N–H and O–H groups in total. The van der Waals surface area contributed by atoms with Crippen molar-refractivity contribution in [2.45, 2.75) is 64.6 Å². The Morgan fingerprint density at radius 1 is 1.08 bits per heavy atom. The molecule has 0 saturated carbocycles. The first-order chi connectivity index (χ1) is 11.8. The number of fused-ring (bicyclic) bond motifs is 1. The van der Waals surface area contributed by atoms with E-state index in [0.29, 0.717) is 6.04 Å². The Morgan fingerprint density at radius 3 is 2.38 bits per heavy atom. The van der Waals surface area contributed by atoms with E-state index in [1.165, 1.54) is 43.4 Å². The molecule has 1 fully saturated rings. The van der Waals surface area contributed by atoms with E-state index in [-0.39, 0.29) is 6.03 Å². The fourth-order valence-electron chi connectivity index (χ4n) is 3.81. The van der Waals surface area contributed by atoms with Gasteiger partial charge in [0.1, 0.15) is 0 Å². The van der Waals surface area contributed by atoms with Gasteiger partial charge in [-0.2, -0.15) is 0 Å². The normalized spacial score (nSPS) is 18.6. The number of likely N-dealkylation sites (tertiary alicyclic amines) is 1. The average Bonchev–Trinajstić information content (AvgIpc) is 3.04. The number of benzene rings is 1. The minimum atomic E-state index is 0.104. The highest BCUT2D eigenvalue weighted by atomic mass is 16.2. The summed E-state index contributed by atoms with van der Waals surface area (Å²) in [4.78, 5) is 17.0. The highest BCUT2D eigenvalue weighted by molar-refractivity contribution is 5.75. The second-order valence-corrected chi connectivity index (χ2v) is 7.25. The van der Waals surface area contributed by atoms with Crippen molar-refractivity contribution in [2.75, 3.05) is 19.6 Å². The molecule has 3 rings (SSSR count). The molecule has 2 aliphatic rings. The van der Waals surface area contributed by atoms with Crippen molar-refractivity contribution >= 4 is 6.03 Å². The Balaban J connectivity index is 1.37. The van der Waals surface area contributed by atoms with Crippen LogP contribution in [0.4, 0.5) is 4.79 Å². The molecule has 1 aromatic carbocycles. The molecule has 0 atom stereocenters. The Bertz CT molecular complexity index is 512. The maximum absolute atomic E-state index is 12.5. The minimum Gasteiger partial charge on any atom is -0.335 e. The summed E-state index contributed by atoms with van der Waals surface area (Å²) in [5.74, 6) is 0. The van der Waals surface area contributed by atoms with Gasteiger partial charge in [0.2, 0.25) is 0 Å². The van der Waals surface area contributed by atoms with Crippen LogP contribution in [0.2, 0.25) is 0 Å². The number of nitrogens with one attached hydrogen (secondary N) is 1. The molecule has 0 bridgehead atoms. The predicted octanol–water partition coefficient (Wildman–Crippen LogP) is 3.76. The van der Waals surface area contributed by atoms with Crippen LogP contribution in [-0.2, 0) is 13.1 Å². The molecule has 0 aromatic heterocycles. The maximum Gasteiger partial charge on any atom is 0.318 e. The lowest BCUT2D eigenvalue weighted by Gasteiger charge is -2.33.